The van der Waals surface area contributed by atoms with Crippen LogP contribution in [-0.4, -0.2) is 45.3 Å². The Labute approximate surface area is 180 Å². The number of rotatable bonds is 7. The van der Waals surface area contributed by atoms with E-state index in [1.165, 1.54) is 0 Å². The van der Waals surface area contributed by atoms with Gasteiger partial charge in [0.15, 0.2) is 5.78 Å². The number of piperidine rings is 1. The molecule has 1 aromatic carbocycles. The number of nitrogens with one attached hydrogen (secondary N) is 1. The lowest BCUT2D eigenvalue weighted by Crippen LogP contribution is -2.49. The largest absolute Gasteiger partial charge is 0.477 e. The molecule has 1 aromatic heterocycles. The SMILES string of the molecule is C=C1CCC(N2Cc3cc(CCC(=O)c4ccc(OCC)nn4)ccc3C2=O)C(=O)N1. The van der Waals surface area contributed by atoms with Crippen LogP contribution in [0.4, 0.5) is 0 Å². The third-order valence-electron chi connectivity index (χ3n) is 5.56. The van der Waals surface area contributed by atoms with Crippen molar-refractivity contribution in [3.05, 3.63) is 65.0 Å². The number of carbonyl (C=O) groups excluding carboxylic acids is 3. The Morgan fingerprint density at radius 2 is 2.10 bits per heavy atom. The molecule has 0 saturated carbocycles. The van der Waals surface area contributed by atoms with Gasteiger partial charge >= 0.3 is 0 Å². The molecule has 2 aliphatic rings. The number of ketones is 1. The first-order valence-corrected chi connectivity index (χ1v) is 10.4. The Morgan fingerprint density at radius 1 is 1.26 bits per heavy atom. The van der Waals surface area contributed by atoms with Crippen LogP contribution in [-0.2, 0) is 17.8 Å². The molecule has 1 N–H and O–H groups in total. The van der Waals surface area contributed by atoms with Gasteiger partial charge in [-0.25, -0.2) is 0 Å². The summed E-state index contributed by atoms with van der Waals surface area (Å²) in [7, 11) is 0. The van der Waals surface area contributed by atoms with Crippen molar-refractivity contribution in [3.63, 3.8) is 0 Å². The first kappa shape index (κ1) is 20.7. The molecule has 1 atom stereocenters. The van der Waals surface area contributed by atoms with Crippen molar-refractivity contribution >= 4 is 17.6 Å². The number of hydrogen-bond donors (Lipinski definition) is 1. The zero-order chi connectivity index (χ0) is 22.0. The number of allylic oxidation sites excluding steroid dienone is 1. The van der Waals surface area contributed by atoms with E-state index in [9.17, 15) is 14.4 Å². The lowest BCUT2D eigenvalue weighted by atomic mass is 10.0. The summed E-state index contributed by atoms with van der Waals surface area (Å²) in [6, 6.07) is 8.37. The van der Waals surface area contributed by atoms with Crippen molar-refractivity contribution < 1.29 is 19.1 Å². The molecule has 1 unspecified atom stereocenters. The van der Waals surface area contributed by atoms with Gasteiger partial charge < -0.3 is 15.0 Å². The number of ether oxygens (including phenoxy) is 1. The molecule has 0 bridgehead atoms. The van der Waals surface area contributed by atoms with Crippen LogP contribution in [0, 0.1) is 0 Å². The molecule has 160 valence electrons. The fourth-order valence-electron chi connectivity index (χ4n) is 3.94. The molecular formula is C23H24N4O4. The van der Waals surface area contributed by atoms with E-state index in [1.54, 1.807) is 23.1 Å². The van der Waals surface area contributed by atoms with E-state index < -0.39 is 6.04 Å². The minimum Gasteiger partial charge on any atom is -0.477 e. The van der Waals surface area contributed by atoms with E-state index in [0.29, 0.717) is 55.2 Å². The van der Waals surface area contributed by atoms with Crippen LogP contribution >= 0.6 is 0 Å². The number of amides is 2. The summed E-state index contributed by atoms with van der Waals surface area (Å²) in [4.78, 5) is 39.2. The third-order valence-corrected chi connectivity index (χ3v) is 5.56. The second-order valence-corrected chi connectivity index (χ2v) is 7.68. The van der Waals surface area contributed by atoms with Gasteiger partial charge in [0.25, 0.3) is 5.91 Å². The maximum Gasteiger partial charge on any atom is 0.255 e. The number of fused-ring (bicyclic) bond motifs is 1. The monoisotopic (exact) mass is 420 g/mol. The molecule has 0 aliphatic carbocycles. The van der Waals surface area contributed by atoms with Crippen LogP contribution in [0.5, 0.6) is 5.88 Å². The van der Waals surface area contributed by atoms with Crippen molar-refractivity contribution in [2.75, 3.05) is 6.61 Å². The Kier molecular flexibility index (Phi) is 5.79. The van der Waals surface area contributed by atoms with Crippen LogP contribution in [0.3, 0.4) is 0 Å². The highest BCUT2D eigenvalue weighted by Crippen LogP contribution is 2.29. The van der Waals surface area contributed by atoms with Gasteiger partial charge in [0, 0.05) is 30.3 Å². The third kappa shape index (κ3) is 4.33. The van der Waals surface area contributed by atoms with E-state index in [4.69, 9.17) is 4.74 Å². The second-order valence-electron chi connectivity index (χ2n) is 7.68. The van der Waals surface area contributed by atoms with Gasteiger partial charge in [-0.3, -0.25) is 14.4 Å². The molecular weight excluding hydrogens is 396 g/mol. The van der Waals surface area contributed by atoms with E-state index in [1.807, 2.05) is 19.1 Å². The Bertz CT molecular complexity index is 1050. The number of aromatic nitrogens is 2. The molecule has 2 amide bonds. The van der Waals surface area contributed by atoms with Crippen molar-refractivity contribution in [3.8, 4) is 5.88 Å². The smallest absolute Gasteiger partial charge is 0.255 e. The van der Waals surface area contributed by atoms with E-state index in [0.717, 1.165) is 11.1 Å². The molecule has 3 heterocycles. The standard InChI is InChI=1S/C23H24N4O4/c1-3-31-21-11-8-18(25-26-21)20(28)10-6-15-5-7-17-16(12-15)13-27(23(17)30)19-9-4-14(2)24-22(19)29/h5,7-8,11-12,19H,2-4,6,9-10,13H2,1H3,(H,24,29). The zero-order valence-electron chi connectivity index (χ0n) is 17.4. The number of hydrogen-bond acceptors (Lipinski definition) is 6. The molecule has 4 rings (SSSR count). The van der Waals surface area contributed by atoms with Gasteiger partial charge in [-0.05, 0) is 49.4 Å². The van der Waals surface area contributed by atoms with Gasteiger partial charge in [-0.15, -0.1) is 10.2 Å². The van der Waals surface area contributed by atoms with Crippen LogP contribution < -0.4 is 10.1 Å². The van der Waals surface area contributed by atoms with Crippen molar-refractivity contribution in [2.45, 2.75) is 45.2 Å². The van der Waals surface area contributed by atoms with E-state index >= 15 is 0 Å². The number of aryl methyl sites for hydroxylation is 1. The summed E-state index contributed by atoms with van der Waals surface area (Å²) in [5.74, 6) is -0.0228. The number of Topliss-reactive ketones (excluding diaryl/α,β-unsaturated/α-hetero) is 1. The quantitative estimate of drug-likeness (QED) is 0.691. The van der Waals surface area contributed by atoms with Crippen LogP contribution in [0.15, 0.2) is 42.6 Å². The van der Waals surface area contributed by atoms with Crippen molar-refractivity contribution in [1.29, 1.82) is 0 Å². The summed E-state index contributed by atoms with van der Waals surface area (Å²) < 4.78 is 5.24. The topological polar surface area (TPSA) is 101 Å². The van der Waals surface area contributed by atoms with Gasteiger partial charge in [0.05, 0.1) is 6.61 Å². The molecule has 2 aliphatic heterocycles. The normalized spacial score (nSPS) is 18.0. The number of carbonyl (C=O) groups is 3. The summed E-state index contributed by atoms with van der Waals surface area (Å²) in [5.41, 5.74) is 3.45. The predicted molar refractivity (Wildman–Crippen MR) is 112 cm³/mol. The molecule has 8 heteroatoms. The highest BCUT2D eigenvalue weighted by Gasteiger charge is 2.38. The summed E-state index contributed by atoms with van der Waals surface area (Å²) in [6.07, 6.45) is 2.05. The predicted octanol–water partition coefficient (Wildman–Crippen LogP) is 2.44. The summed E-state index contributed by atoms with van der Waals surface area (Å²) in [6.45, 7) is 6.52. The molecule has 31 heavy (non-hydrogen) atoms. The maximum atomic E-state index is 12.8. The summed E-state index contributed by atoms with van der Waals surface area (Å²) in [5, 5.41) is 10.6. The fourth-order valence-corrected chi connectivity index (χ4v) is 3.94. The van der Waals surface area contributed by atoms with Gasteiger partial charge in [-0.2, -0.15) is 0 Å². The Morgan fingerprint density at radius 3 is 2.81 bits per heavy atom. The molecule has 1 fully saturated rings. The van der Waals surface area contributed by atoms with E-state index in [2.05, 4.69) is 22.1 Å². The lowest BCUT2D eigenvalue weighted by Gasteiger charge is -2.30. The number of benzene rings is 1. The Balaban J connectivity index is 1.39. The van der Waals surface area contributed by atoms with Crippen LogP contribution in [0.2, 0.25) is 0 Å². The fraction of sp³-hybridized carbons (Fsp3) is 0.348. The summed E-state index contributed by atoms with van der Waals surface area (Å²) >= 11 is 0. The highest BCUT2D eigenvalue weighted by atomic mass is 16.5. The average molecular weight is 420 g/mol. The molecule has 0 spiro atoms. The van der Waals surface area contributed by atoms with Gasteiger partial charge in [0.2, 0.25) is 11.8 Å². The van der Waals surface area contributed by atoms with Crippen molar-refractivity contribution in [1.82, 2.24) is 20.4 Å². The van der Waals surface area contributed by atoms with Crippen LogP contribution in [0.25, 0.3) is 0 Å². The first-order chi connectivity index (χ1) is 15.0. The maximum absolute atomic E-state index is 12.8. The van der Waals surface area contributed by atoms with Crippen LogP contribution in [0.1, 0.15) is 58.2 Å². The van der Waals surface area contributed by atoms with Gasteiger partial charge in [0.1, 0.15) is 11.7 Å². The second kappa shape index (κ2) is 8.67. The zero-order valence-corrected chi connectivity index (χ0v) is 17.4. The minimum atomic E-state index is -0.478. The molecule has 1 saturated heterocycles. The molecule has 2 aromatic rings. The number of nitrogens with zero attached hydrogens (tertiary/aromatic N) is 3. The average Bonchev–Trinajstić information content (AvgIpc) is 3.08. The minimum absolute atomic E-state index is 0.104. The molecule has 8 nitrogen and oxygen atoms in total. The van der Waals surface area contributed by atoms with Crippen molar-refractivity contribution in [2.24, 2.45) is 0 Å². The Hall–Kier alpha value is -3.55. The van der Waals surface area contributed by atoms with Gasteiger partial charge in [-0.1, -0.05) is 18.7 Å². The highest BCUT2D eigenvalue weighted by molar-refractivity contribution is 6.01. The first-order valence-electron chi connectivity index (χ1n) is 10.4. The lowest BCUT2D eigenvalue weighted by molar-refractivity contribution is -0.126. The molecule has 0 radical (unpaired) electrons. The van der Waals surface area contributed by atoms with E-state index in [-0.39, 0.29) is 24.0 Å².